The van der Waals surface area contributed by atoms with Gasteiger partial charge in [-0.05, 0) is 72.1 Å². The Labute approximate surface area is 347 Å². The fraction of sp³-hybridized carbons (Fsp3) is 0.386. The quantitative estimate of drug-likeness (QED) is 0.230. The van der Waals surface area contributed by atoms with Gasteiger partial charge in [0.2, 0.25) is 17.8 Å². The van der Waals surface area contributed by atoms with Gasteiger partial charge < -0.3 is 14.5 Å². The first-order chi connectivity index (χ1) is 28.4. The van der Waals surface area contributed by atoms with Crippen molar-refractivity contribution >= 4 is 46.9 Å². The fourth-order valence-corrected chi connectivity index (χ4v) is 9.02. The molecule has 0 radical (unpaired) electrons. The van der Waals surface area contributed by atoms with Crippen LogP contribution in [-0.4, -0.2) is 119 Å². The molecule has 302 valence electrons. The number of halogens is 1. The van der Waals surface area contributed by atoms with E-state index < -0.39 is 29.7 Å². The molecule has 1 aromatic heterocycles. The lowest BCUT2D eigenvalue weighted by Crippen LogP contribution is -2.71. The number of rotatable bonds is 10. The zero-order valence-corrected chi connectivity index (χ0v) is 33.7. The van der Waals surface area contributed by atoms with E-state index in [1.807, 2.05) is 48.5 Å². The molecule has 5 aliphatic rings. The lowest BCUT2D eigenvalue weighted by Gasteiger charge is -2.55. The Morgan fingerprint density at radius 2 is 1.56 bits per heavy atom. The Balaban J connectivity index is 0.721. The highest BCUT2D eigenvalue weighted by molar-refractivity contribution is 6.30. The van der Waals surface area contributed by atoms with Crippen LogP contribution in [0.2, 0.25) is 5.02 Å². The summed E-state index contributed by atoms with van der Waals surface area (Å²) in [5.41, 5.74) is 4.54. The molecule has 9 rings (SSSR count). The van der Waals surface area contributed by atoms with Crippen LogP contribution in [0.1, 0.15) is 69.8 Å². The number of likely N-dealkylation sites (tertiary alicyclic amines) is 1. The largest absolute Gasteiger partial charge is 0.487 e. The Morgan fingerprint density at radius 3 is 2.29 bits per heavy atom. The first-order valence-corrected chi connectivity index (χ1v) is 20.4. The molecule has 4 saturated heterocycles. The van der Waals surface area contributed by atoms with E-state index in [9.17, 15) is 24.4 Å². The number of amides is 4. The molecule has 1 unspecified atom stereocenters. The van der Waals surface area contributed by atoms with Gasteiger partial charge in [-0.3, -0.25) is 39.2 Å². The van der Waals surface area contributed by atoms with Gasteiger partial charge in [-0.2, -0.15) is 5.26 Å². The third-order valence-corrected chi connectivity index (χ3v) is 12.8. The van der Waals surface area contributed by atoms with E-state index in [4.69, 9.17) is 21.3 Å². The summed E-state index contributed by atoms with van der Waals surface area (Å²) >= 11 is 6.30. The van der Waals surface area contributed by atoms with Crippen molar-refractivity contribution in [2.24, 2.45) is 0 Å². The van der Waals surface area contributed by atoms with E-state index >= 15 is 0 Å². The normalized spacial score (nSPS) is 20.6. The van der Waals surface area contributed by atoms with Crippen LogP contribution in [0.25, 0.3) is 0 Å². The van der Waals surface area contributed by atoms with Gasteiger partial charge in [-0.15, -0.1) is 0 Å². The predicted octanol–water partition coefficient (Wildman–Crippen LogP) is 4.00. The van der Waals surface area contributed by atoms with Crippen molar-refractivity contribution < 1.29 is 23.9 Å². The third kappa shape index (κ3) is 7.39. The second-order valence-electron chi connectivity index (χ2n) is 16.5. The molecule has 0 aliphatic carbocycles. The number of hydrogen-bond donors (Lipinski definition) is 1. The van der Waals surface area contributed by atoms with E-state index in [0.29, 0.717) is 46.4 Å². The summed E-state index contributed by atoms with van der Waals surface area (Å²) in [7, 11) is 0. The summed E-state index contributed by atoms with van der Waals surface area (Å²) in [6.07, 6.45) is 2.03. The Bertz CT molecular complexity index is 2380. The van der Waals surface area contributed by atoms with Crippen molar-refractivity contribution in [3.8, 4) is 11.8 Å². The number of nitrogens with zero attached hydrogens (tertiary/aromatic N) is 8. The Morgan fingerprint density at radius 1 is 0.831 bits per heavy atom. The monoisotopic (exact) mass is 813 g/mol. The van der Waals surface area contributed by atoms with E-state index in [1.165, 1.54) is 0 Å². The number of aromatic nitrogens is 2. The average Bonchev–Trinajstić information content (AvgIpc) is 3.45. The number of carbonyl (C=O) groups excluding carboxylic acids is 4. The number of piperidine rings is 1. The Kier molecular flexibility index (Phi) is 10.1. The van der Waals surface area contributed by atoms with Crippen LogP contribution in [0, 0.1) is 11.3 Å². The number of nitrogens with one attached hydrogen (secondary N) is 1. The van der Waals surface area contributed by atoms with E-state index in [2.05, 4.69) is 49.8 Å². The van der Waals surface area contributed by atoms with Crippen LogP contribution < -0.4 is 19.9 Å². The highest BCUT2D eigenvalue weighted by atomic mass is 35.5. The SMILES string of the molecule is CC(C)(c1ccc(OCc2ccnc(N3CCN(C4CN(C5CN(c6ccc7c(c6)C(=O)N(C6CCC(=O)NC6=O)C7=O)C5)C4)CC3)n2)cc1)c1cc(Cl)cc(C#N)c1. The van der Waals surface area contributed by atoms with Gasteiger partial charge in [-0.25, -0.2) is 9.97 Å². The molecule has 4 aromatic rings. The molecule has 0 saturated carbocycles. The number of fused-ring (bicyclic) bond motifs is 1. The van der Waals surface area contributed by atoms with Gasteiger partial charge in [0, 0.05) is 93.2 Å². The minimum absolute atomic E-state index is 0.0942. The maximum absolute atomic E-state index is 13.3. The number of imide groups is 2. The smallest absolute Gasteiger partial charge is 0.262 e. The Hall–Kier alpha value is -5.88. The molecule has 1 N–H and O–H groups in total. The van der Waals surface area contributed by atoms with Gasteiger partial charge in [0.1, 0.15) is 18.4 Å². The molecular formula is C44H44ClN9O5. The van der Waals surface area contributed by atoms with Crippen LogP contribution in [-0.2, 0) is 21.6 Å². The van der Waals surface area contributed by atoms with E-state index in [-0.39, 0.29) is 18.3 Å². The molecular weight excluding hydrogens is 770 g/mol. The standard InChI is InChI=1S/C44H44ClN9O5/c1-44(2,29-17-27(21-46)18-30(45)19-29)28-3-6-35(7-4-28)59-26-31-11-12-47-43(48-31)51-15-13-50(14-16-51)33-22-53(23-33)34-24-52(25-34)32-5-8-36-37(20-32)42(58)54(41(36)57)38-9-10-39(55)49-40(38)56/h3-8,11-12,17-20,33-34,38H,9-10,13-16,22-26H2,1-2H3,(H,49,55,56). The summed E-state index contributed by atoms with van der Waals surface area (Å²) in [4.78, 5) is 70.4. The van der Waals surface area contributed by atoms with Gasteiger partial charge in [0.25, 0.3) is 11.8 Å². The zero-order valence-electron chi connectivity index (χ0n) is 32.9. The van der Waals surface area contributed by atoms with Gasteiger partial charge in [0.05, 0.1) is 28.5 Å². The lowest BCUT2D eigenvalue weighted by molar-refractivity contribution is -0.136. The molecule has 59 heavy (non-hydrogen) atoms. The minimum atomic E-state index is -0.969. The highest BCUT2D eigenvalue weighted by Gasteiger charge is 2.46. The molecule has 4 fully saturated rings. The summed E-state index contributed by atoms with van der Waals surface area (Å²) in [5.74, 6) is -0.510. The fourth-order valence-electron chi connectivity index (χ4n) is 8.78. The van der Waals surface area contributed by atoms with Crippen molar-refractivity contribution in [2.45, 2.75) is 56.8 Å². The van der Waals surface area contributed by atoms with E-state index in [1.54, 1.807) is 24.4 Å². The highest BCUT2D eigenvalue weighted by Crippen LogP contribution is 2.36. The van der Waals surface area contributed by atoms with Gasteiger partial charge in [0.15, 0.2) is 0 Å². The summed E-state index contributed by atoms with van der Waals surface area (Å²) in [6, 6.07) is 22.8. The number of benzene rings is 3. The van der Waals surface area contributed by atoms with Crippen molar-refractivity contribution in [2.75, 3.05) is 62.2 Å². The number of ether oxygens (including phenoxy) is 1. The molecule has 6 heterocycles. The summed E-state index contributed by atoms with van der Waals surface area (Å²) < 4.78 is 6.13. The summed E-state index contributed by atoms with van der Waals surface area (Å²) in [5, 5.41) is 12.2. The van der Waals surface area contributed by atoms with Crippen LogP contribution in [0.15, 0.2) is 72.9 Å². The predicted molar refractivity (Wildman–Crippen MR) is 219 cm³/mol. The van der Waals surface area contributed by atoms with Crippen molar-refractivity contribution in [1.29, 1.82) is 5.26 Å². The first-order valence-electron chi connectivity index (χ1n) is 20.1. The molecule has 5 aliphatic heterocycles. The zero-order chi connectivity index (χ0) is 41.0. The van der Waals surface area contributed by atoms with Crippen LogP contribution in [0.4, 0.5) is 11.6 Å². The molecule has 4 amide bonds. The number of hydrogen-bond acceptors (Lipinski definition) is 12. The number of carbonyl (C=O) groups is 4. The topological polar surface area (TPSA) is 155 Å². The second kappa shape index (κ2) is 15.4. The van der Waals surface area contributed by atoms with Crippen LogP contribution in [0.3, 0.4) is 0 Å². The number of anilines is 2. The number of piperazine rings is 1. The number of nitriles is 1. The molecule has 0 bridgehead atoms. The lowest BCUT2D eigenvalue weighted by atomic mass is 9.78. The van der Waals surface area contributed by atoms with Crippen molar-refractivity contribution in [3.63, 3.8) is 0 Å². The molecule has 0 spiro atoms. The summed E-state index contributed by atoms with van der Waals surface area (Å²) in [6.45, 7) is 11.8. The maximum Gasteiger partial charge on any atom is 0.262 e. The van der Waals surface area contributed by atoms with Crippen LogP contribution >= 0.6 is 11.6 Å². The maximum atomic E-state index is 13.3. The van der Waals surface area contributed by atoms with Crippen molar-refractivity contribution in [1.82, 2.24) is 30.0 Å². The molecule has 3 aromatic carbocycles. The van der Waals surface area contributed by atoms with Gasteiger partial charge in [-0.1, -0.05) is 37.6 Å². The first kappa shape index (κ1) is 38.6. The van der Waals surface area contributed by atoms with Crippen LogP contribution in [0.5, 0.6) is 5.75 Å². The average molecular weight is 814 g/mol. The van der Waals surface area contributed by atoms with E-state index in [0.717, 1.165) is 85.5 Å². The minimum Gasteiger partial charge on any atom is -0.487 e. The third-order valence-electron chi connectivity index (χ3n) is 12.6. The molecule has 15 heteroatoms. The molecule has 14 nitrogen and oxygen atoms in total. The van der Waals surface area contributed by atoms with Gasteiger partial charge >= 0.3 is 0 Å². The van der Waals surface area contributed by atoms with Crippen molar-refractivity contribution in [3.05, 3.63) is 111 Å². The molecule has 1 atom stereocenters. The second-order valence-corrected chi connectivity index (χ2v) is 16.9.